The molecule has 0 spiro atoms. The quantitative estimate of drug-likeness (QED) is 0.763. The summed E-state index contributed by atoms with van der Waals surface area (Å²) in [5.41, 5.74) is 1.97. The molecule has 3 rings (SSSR count). The molecule has 1 atom stereocenters. The fourth-order valence-electron chi connectivity index (χ4n) is 3.35. The summed E-state index contributed by atoms with van der Waals surface area (Å²) in [6, 6.07) is 14.0. The number of fused-ring (bicyclic) bond motifs is 1. The topological polar surface area (TPSA) is 66.9 Å². The number of rotatable bonds is 6. The molecular formula is C20H24N2O4S. The minimum Gasteiger partial charge on any atom is -0.494 e. The molecule has 6 nitrogen and oxygen atoms in total. The molecule has 0 aromatic heterocycles. The van der Waals surface area contributed by atoms with Crippen LogP contribution >= 0.6 is 0 Å². The average molecular weight is 388 g/mol. The van der Waals surface area contributed by atoms with Gasteiger partial charge in [0.05, 0.1) is 18.0 Å². The molecule has 0 bridgehead atoms. The smallest absolute Gasteiger partial charge is 0.243 e. The van der Waals surface area contributed by atoms with E-state index in [4.69, 9.17) is 4.74 Å². The maximum absolute atomic E-state index is 12.8. The van der Waals surface area contributed by atoms with Crippen molar-refractivity contribution in [2.45, 2.75) is 31.2 Å². The Kier molecular flexibility index (Phi) is 5.53. The molecule has 0 radical (unpaired) electrons. The van der Waals surface area contributed by atoms with Crippen molar-refractivity contribution in [3.63, 3.8) is 0 Å². The van der Waals surface area contributed by atoms with Crippen LogP contribution in [0.4, 0.5) is 5.69 Å². The Balaban J connectivity index is 1.76. The molecular weight excluding hydrogens is 364 g/mol. The van der Waals surface area contributed by atoms with Crippen molar-refractivity contribution in [2.75, 3.05) is 25.1 Å². The molecule has 0 fully saturated rings. The molecule has 0 N–H and O–H groups in total. The minimum absolute atomic E-state index is 0.0106. The molecule has 0 aliphatic carbocycles. The number of sulfonamides is 1. The zero-order valence-electron chi connectivity index (χ0n) is 15.8. The summed E-state index contributed by atoms with van der Waals surface area (Å²) in [6.07, 6.45) is 0.775. The lowest BCUT2D eigenvalue weighted by Gasteiger charge is -2.25. The van der Waals surface area contributed by atoms with Gasteiger partial charge in [-0.05, 0) is 56.2 Å². The second-order valence-corrected chi connectivity index (χ2v) is 8.66. The van der Waals surface area contributed by atoms with Crippen molar-refractivity contribution in [1.29, 1.82) is 0 Å². The van der Waals surface area contributed by atoms with Crippen LogP contribution in [0.15, 0.2) is 53.4 Å². The van der Waals surface area contributed by atoms with Crippen LogP contribution in [0.25, 0.3) is 0 Å². The van der Waals surface area contributed by atoms with Crippen LogP contribution in [0.1, 0.15) is 19.4 Å². The highest BCUT2D eigenvalue weighted by molar-refractivity contribution is 7.89. The van der Waals surface area contributed by atoms with Crippen LogP contribution in [-0.2, 0) is 21.2 Å². The summed E-state index contributed by atoms with van der Waals surface area (Å²) in [5.74, 6) is 0.377. The van der Waals surface area contributed by atoms with Gasteiger partial charge in [0.15, 0.2) is 0 Å². The van der Waals surface area contributed by atoms with Crippen molar-refractivity contribution in [1.82, 2.24) is 4.31 Å². The standard InChI is InChI=1S/C20H24N2O4S/c1-4-26-17-9-11-18(12-10-17)27(24,25)21(3)14-20(23)22-15(2)13-16-7-5-6-8-19(16)22/h5-12,15H,4,13-14H2,1-3H3/t15-/m1/s1. The molecule has 1 aliphatic heterocycles. The number of likely N-dealkylation sites (N-methyl/N-ethyl adjacent to an activating group) is 1. The number of ether oxygens (including phenoxy) is 1. The summed E-state index contributed by atoms with van der Waals surface area (Å²) in [5, 5.41) is 0. The number of para-hydroxylation sites is 1. The number of benzene rings is 2. The van der Waals surface area contributed by atoms with Gasteiger partial charge in [0.1, 0.15) is 5.75 Å². The van der Waals surface area contributed by atoms with Crippen LogP contribution in [0.5, 0.6) is 5.75 Å². The molecule has 0 saturated carbocycles. The predicted octanol–water partition coefficient (Wildman–Crippen LogP) is 2.68. The summed E-state index contributed by atoms with van der Waals surface area (Å²) in [4.78, 5) is 14.7. The number of carbonyl (C=O) groups excluding carboxylic acids is 1. The summed E-state index contributed by atoms with van der Waals surface area (Å²) >= 11 is 0. The van der Waals surface area contributed by atoms with E-state index in [0.717, 1.165) is 22.0 Å². The average Bonchev–Trinajstić information content (AvgIpc) is 2.98. The van der Waals surface area contributed by atoms with Gasteiger partial charge < -0.3 is 9.64 Å². The van der Waals surface area contributed by atoms with Gasteiger partial charge in [-0.3, -0.25) is 4.79 Å². The van der Waals surface area contributed by atoms with E-state index in [1.54, 1.807) is 17.0 Å². The number of hydrogen-bond donors (Lipinski definition) is 0. The third kappa shape index (κ3) is 3.84. The Morgan fingerprint density at radius 2 is 1.85 bits per heavy atom. The molecule has 2 aromatic carbocycles. The van der Waals surface area contributed by atoms with Gasteiger partial charge in [-0.25, -0.2) is 8.42 Å². The highest BCUT2D eigenvalue weighted by Gasteiger charge is 2.33. The van der Waals surface area contributed by atoms with E-state index in [1.807, 2.05) is 38.1 Å². The van der Waals surface area contributed by atoms with Crippen molar-refractivity contribution >= 4 is 21.6 Å². The van der Waals surface area contributed by atoms with Gasteiger partial charge in [0.2, 0.25) is 15.9 Å². The highest BCUT2D eigenvalue weighted by atomic mass is 32.2. The number of hydrogen-bond acceptors (Lipinski definition) is 4. The third-order valence-electron chi connectivity index (χ3n) is 4.68. The maximum atomic E-state index is 12.8. The van der Waals surface area contributed by atoms with Crippen LogP contribution < -0.4 is 9.64 Å². The van der Waals surface area contributed by atoms with E-state index >= 15 is 0 Å². The van der Waals surface area contributed by atoms with Gasteiger partial charge in [-0.15, -0.1) is 0 Å². The van der Waals surface area contributed by atoms with Gasteiger partial charge >= 0.3 is 0 Å². The first-order chi connectivity index (χ1) is 12.8. The lowest BCUT2D eigenvalue weighted by molar-refractivity contribution is -0.118. The zero-order chi connectivity index (χ0) is 19.6. The molecule has 2 aromatic rings. The van der Waals surface area contributed by atoms with E-state index in [-0.39, 0.29) is 23.4 Å². The molecule has 0 unspecified atom stereocenters. The fourth-order valence-corrected chi connectivity index (χ4v) is 4.47. The van der Waals surface area contributed by atoms with Crippen molar-refractivity contribution in [3.8, 4) is 5.75 Å². The normalized spacial score (nSPS) is 16.4. The predicted molar refractivity (Wildman–Crippen MR) is 105 cm³/mol. The van der Waals surface area contributed by atoms with Gasteiger partial charge in [0, 0.05) is 18.8 Å². The second-order valence-electron chi connectivity index (χ2n) is 6.61. The Morgan fingerprint density at radius 3 is 2.52 bits per heavy atom. The van der Waals surface area contributed by atoms with Crippen molar-refractivity contribution < 1.29 is 17.9 Å². The largest absolute Gasteiger partial charge is 0.494 e. The van der Waals surface area contributed by atoms with E-state index in [2.05, 4.69) is 0 Å². The number of amides is 1. The first-order valence-corrected chi connectivity index (χ1v) is 10.4. The van der Waals surface area contributed by atoms with Crippen LogP contribution in [0, 0.1) is 0 Å². The SMILES string of the molecule is CCOc1ccc(S(=O)(=O)N(C)CC(=O)N2c3ccccc3C[C@H]2C)cc1. The summed E-state index contributed by atoms with van der Waals surface area (Å²) in [7, 11) is -2.33. The van der Waals surface area contributed by atoms with Crippen LogP contribution in [0.2, 0.25) is 0 Å². The molecule has 144 valence electrons. The maximum Gasteiger partial charge on any atom is 0.243 e. The first kappa shape index (κ1) is 19.4. The lowest BCUT2D eigenvalue weighted by Crippen LogP contribution is -2.43. The Labute approximate surface area is 160 Å². The Hall–Kier alpha value is -2.38. The van der Waals surface area contributed by atoms with Gasteiger partial charge in [-0.1, -0.05) is 18.2 Å². The molecule has 1 amide bonds. The highest BCUT2D eigenvalue weighted by Crippen LogP contribution is 2.32. The Bertz CT molecular complexity index is 925. The number of anilines is 1. The summed E-state index contributed by atoms with van der Waals surface area (Å²) in [6.45, 7) is 4.13. The molecule has 27 heavy (non-hydrogen) atoms. The lowest BCUT2D eigenvalue weighted by atomic mass is 10.1. The third-order valence-corrected chi connectivity index (χ3v) is 6.49. The minimum atomic E-state index is -3.76. The zero-order valence-corrected chi connectivity index (χ0v) is 16.6. The van der Waals surface area contributed by atoms with E-state index in [1.165, 1.54) is 19.2 Å². The van der Waals surface area contributed by atoms with E-state index < -0.39 is 10.0 Å². The van der Waals surface area contributed by atoms with Gasteiger partial charge in [-0.2, -0.15) is 4.31 Å². The molecule has 1 heterocycles. The van der Waals surface area contributed by atoms with E-state index in [9.17, 15) is 13.2 Å². The molecule has 7 heteroatoms. The number of carbonyl (C=O) groups is 1. The van der Waals surface area contributed by atoms with Gasteiger partial charge in [0.25, 0.3) is 0 Å². The molecule has 0 saturated heterocycles. The van der Waals surface area contributed by atoms with E-state index in [0.29, 0.717) is 12.4 Å². The monoisotopic (exact) mass is 388 g/mol. The van der Waals surface area contributed by atoms with Crippen molar-refractivity contribution in [2.24, 2.45) is 0 Å². The van der Waals surface area contributed by atoms with Crippen LogP contribution in [-0.4, -0.2) is 44.9 Å². The van der Waals surface area contributed by atoms with Crippen LogP contribution in [0.3, 0.4) is 0 Å². The fraction of sp³-hybridized carbons (Fsp3) is 0.350. The first-order valence-electron chi connectivity index (χ1n) is 8.93. The Morgan fingerprint density at radius 1 is 1.19 bits per heavy atom. The number of nitrogens with zero attached hydrogens (tertiary/aromatic N) is 2. The second kappa shape index (κ2) is 7.70. The summed E-state index contributed by atoms with van der Waals surface area (Å²) < 4.78 is 32.0. The molecule has 1 aliphatic rings. The van der Waals surface area contributed by atoms with Crippen molar-refractivity contribution in [3.05, 3.63) is 54.1 Å².